The maximum Gasteiger partial charge on any atom is 0.0721 e. The molecule has 1 fully saturated rings. The van der Waals surface area contributed by atoms with Crippen LogP contribution in [0.2, 0.25) is 5.82 Å². The molecule has 1 nitrogen and oxygen atoms in total. The number of hydrogen-bond donors (Lipinski definition) is 0. The highest BCUT2D eigenvalue weighted by molar-refractivity contribution is 6.12. The minimum atomic E-state index is 0.417. The van der Waals surface area contributed by atoms with Gasteiger partial charge < -0.3 is 4.90 Å². The molecule has 2 radical (unpaired) electrons. The van der Waals surface area contributed by atoms with Crippen LogP contribution in [-0.2, 0) is 0 Å². The summed E-state index contributed by atoms with van der Waals surface area (Å²) in [4.78, 5) is 2.27. The van der Waals surface area contributed by atoms with Crippen molar-refractivity contribution in [1.82, 2.24) is 4.90 Å². The van der Waals surface area contributed by atoms with Crippen LogP contribution in [0.5, 0.6) is 0 Å². The molecule has 2 atom stereocenters. The Balaban J connectivity index is 2.39. The van der Waals surface area contributed by atoms with Crippen LogP contribution in [0.25, 0.3) is 0 Å². The van der Waals surface area contributed by atoms with Crippen molar-refractivity contribution in [3.63, 3.8) is 0 Å². The maximum atomic E-state index is 5.73. The molecule has 2 unspecified atom stereocenters. The third-order valence-corrected chi connectivity index (χ3v) is 1.85. The molecule has 0 N–H and O–H groups in total. The molecular formula is C6H12BN. The monoisotopic (exact) mass is 109 g/mol. The first-order valence-corrected chi connectivity index (χ1v) is 3.14. The van der Waals surface area contributed by atoms with E-state index >= 15 is 0 Å². The highest BCUT2D eigenvalue weighted by Crippen LogP contribution is 2.22. The Morgan fingerprint density at radius 2 is 2.12 bits per heavy atom. The highest BCUT2D eigenvalue weighted by Gasteiger charge is 2.21. The standard InChI is InChI=1S/C6H12BN/c1-5-3-8(2)4-6(5)7/h5-6H,3-4H2,1-2H3. The minimum absolute atomic E-state index is 0.417. The lowest BCUT2D eigenvalue weighted by molar-refractivity contribution is 0.402. The second kappa shape index (κ2) is 2.10. The third kappa shape index (κ3) is 1.05. The van der Waals surface area contributed by atoms with E-state index in [0.29, 0.717) is 11.7 Å². The van der Waals surface area contributed by atoms with E-state index in [0.717, 1.165) is 6.54 Å². The van der Waals surface area contributed by atoms with Gasteiger partial charge in [0.2, 0.25) is 0 Å². The first-order chi connectivity index (χ1) is 3.70. The van der Waals surface area contributed by atoms with Crippen LogP contribution in [0, 0.1) is 5.92 Å². The van der Waals surface area contributed by atoms with Gasteiger partial charge in [-0.3, -0.25) is 0 Å². The Morgan fingerprint density at radius 3 is 2.25 bits per heavy atom. The van der Waals surface area contributed by atoms with Crippen molar-refractivity contribution in [3.05, 3.63) is 0 Å². The summed E-state index contributed by atoms with van der Waals surface area (Å²) < 4.78 is 0. The van der Waals surface area contributed by atoms with E-state index < -0.39 is 0 Å². The molecule has 8 heavy (non-hydrogen) atoms. The summed E-state index contributed by atoms with van der Waals surface area (Å²) in [6.07, 6.45) is 0. The maximum absolute atomic E-state index is 5.73. The van der Waals surface area contributed by atoms with Gasteiger partial charge in [-0.25, -0.2) is 0 Å². The van der Waals surface area contributed by atoms with Gasteiger partial charge in [-0.1, -0.05) is 12.7 Å². The van der Waals surface area contributed by atoms with E-state index in [1.165, 1.54) is 6.54 Å². The van der Waals surface area contributed by atoms with Crippen molar-refractivity contribution in [2.24, 2.45) is 5.92 Å². The molecule has 0 aromatic carbocycles. The lowest BCUT2D eigenvalue weighted by Crippen LogP contribution is -2.12. The molecule has 0 aromatic rings. The van der Waals surface area contributed by atoms with Crippen LogP contribution < -0.4 is 0 Å². The highest BCUT2D eigenvalue weighted by atomic mass is 15.1. The van der Waals surface area contributed by atoms with Crippen molar-refractivity contribution in [1.29, 1.82) is 0 Å². The molecule has 44 valence electrons. The molecule has 0 saturated carbocycles. The summed E-state index contributed by atoms with van der Waals surface area (Å²) in [6, 6.07) is 0. The predicted molar refractivity (Wildman–Crippen MR) is 36.2 cm³/mol. The SMILES string of the molecule is [B]C1CN(C)CC1C. The van der Waals surface area contributed by atoms with Gasteiger partial charge in [-0.2, -0.15) is 0 Å². The van der Waals surface area contributed by atoms with Gasteiger partial charge in [0.05, 0.1) is 7.85 Å². The molecule has 0 aromatic heterocycles. The fourth-order valence-corrected chi connectivity index (χ4v) is 1.24. The quantitative estimate of drug-likeness (QED) is 0.410. The molecule has 1 saturated heterocycles. The average molecular weight is 109 g/mol. The van der Waals surface area contributed by atoms with E-state index in [1.807, 2.05) is 0 Å². The summed E-state index contributed by atoms with van der Waals surface area (Å²) in [5.41, 5.74) is 0. The fourth-order valence-electron chi connectivity index (χ4n) is 1.24. The van der Waals surface area contributed by atoms with Crippen LogP contribution in [0.15, 0.2) is 0 Å². The van der Waals surface area contributed by atoms with Crippen molar-refractivity contribution >= 4 is 7.85 Å². The third-order valence-electron chi connectivity index (χ3n) is 1.85. The van der Waals surface area contributed by atoms with E-state index in [-0.39, 0.29) is 0 Å². The summed E-state index contributed by atoms with van der Waals surface area (Å²) in [5, 5.41) is 0. The summed E-state index contributed by atoms with van der Waals surface area (Å²) >= 11 is 0. The van der Waals surface area contributed by atoms with Crippen molar-refractivity contribution < 1.29 is 0 Å². The lowest BCUT2D eigenvalue weighted by Gasteiger charge is -2.03. The van der Waals surface area contributed by atoms with E-state index in [9.17, 15) is 0 Å². The summed E-state index contributed by atoms with van der Waals surface area (Å²) in [6.45, 7) is 4.44. The summed E-state index contributed by atoms with van der Waals surface area (Å²) in [5.74, 6) is 1.11. The Kier molecular flexibility index (Phi) is 1.61. The molecule has 0 amide bonds. The van der Waals surface area contributed by atoms with Crippen LogP contribution in [0.4, 0.5) is 0 Å². The van der Waals surface area contributed by atoms with Gasteiger partial charge in [-0.05, 0) is 26.1 Å². The minimum Gasteiger partial charge on any atom is -0.307 e. The summed E-state index contributed by atoms with van der Waals surface area (Å²) in [7, 11) is 7.84. The molecule has 1 heterocycles. The van der Waals surface area contributed by atoms with E-state index in [2.05, 4.69) is 18.9 Å². The normalized spacial score (nSPS) is 40.8. The number of rotatable bonds is 0. The molecule has 2 heteroatoms. The average Bonchev–Trinajstić information content (AvgIpc) is 1.85. The van der Waals surface area contributed by atoms with Crippen molar-refractivity contribution in [2.75, 3.05) is 20.1 Å². The van der Waals surface area contributed by atoms with Crippen LogP contribution in [-0.4, -0.2) is 32.9 Å². The van der Waals surface area contributed by atoms with Crippen LogP contribution >= 0.6 is 0 Å². The van der Waals surface area contributed by atoms with E-state index in [4.69, 9.17) is 7.85 Å². The zero-order chi connectivity index (χ0) is 6.15. The molecular weight excluding hydrogens is 96.9 g/mol. The van der Waals surface area contributed by atoms with Crippen LogP contribution in [0.3, 0.4) is 0 Å². The zero-order valence-corrected chi connectivity index (χ0v) is 5.59. The van der Waals surface area contributed by atoms with Gasteiger partial charge in [0.1, 0.15) is 0 Å². The number of nitrogens with zero attached hydrogens (tertiary/aromatic N) is 1. The first kappa shape index (κ1) is 6.15. The second-order valence-corrected chi connectivity index (χ2v) is 2.86. The largest absolute Gasteiger partial charge is 0.307 e. The Hall–Kier alpha value is 0.0249. The van der Waals surface area contributed by atoms with Crippen molar-refractivity contribution in [3.8, 4) is 0 Å². The van der Waals surface area contributed by atoms with Gasteiger partial charge >= 0.3 is 0 Å². The van der Waals surface area contributed by atoms with Gasteiger partial charge in [0, 0.05) is 0 Å². The Morgan fingerprint density at radius 1 is 1.50 bits per heavy atom. The molecule has 1 rings (SSSR count). The van der Waals surface area contributed by atoms with E-state index in [1.54, 1.807) is 0 Å². The molecule has 0 aliphatic carbocycles. The lowest BCUT2D eigenvalue weighted by atomic mass is 9.80. The molecule has 1 aliphatic heterocycles. The smallest absolute Gasteiger partial charge is 0.0721 e. The van der Waals surface area contributed by atoms with Gasteiger partial charge in [-0.15, -0.1) is 0 Å². The Labute approximate surface area is 52.5 Å². The number of hydrogen-bond acceptors (Lipinski definition) is 1. The van der Waals surface area contributed by atoms with Gasteiger partial charge in [0.25, 0.3) is 0 Å². The number of likely N-dealkylation sites (tertiary alicyclic amines) is 1. The van der Waals surface area contributed by atoms with Gasteiger partial charge in [0.15, 0.2) is 0 Å². The molecule has 0 bridgehead atoms. The second-order valence-electron chi connectivity index (χ2n) is 2.86. The molecule has 0 spiro atoms. The van der Waals surface area contributed by atoms with Crippen LogP contribution in [0.1, 0.15) is 6.92 Å². The topological polar surface area (TPSA) is 3.24 Å². The molecule has 1 aliphatic rings. The first-order valence-electron chi connectivity index (χ1n) is 3.14. The van der Waals surface area contributed by atoms with Crippen molar-refractivity contribution in [2.45, 2.75) is 12.7 Å². The predicted octanol–water partition coefficient (Wildman–Crippen LogP) is 0.525. The Bertz CT molecular complexity index is 74.6. The zero-order valence-electron chi connectivity index (χ0n) is 5.59. The fraction of sp³-hybridized carbons (Fsp3) is 1.00.